The van der Waals surface area contributed by atoms with E-state index in [-0.39, 0.29) is 0 Å². The standard InChI is InChI=1S/C14H14N4O2/c1-10(19)14-9-18(17-15-14)8-12-7-13(16-20-12)11-5-3-2-4-6-11/h2-7,9-10,19H,8H2,1H3. The highest BCUT2D eigenvalue weighted by Crippen LogP contribution is 2.19. The Morgan fingerprint density at radius 3 is 2.80 bits per heavy atom. The van der Waals surface area contributed by atoms with Gasteiger partial charge in [0.25, 0.3) is 0 Å². The molecule has 1 N–H and O–H groups in total. The zero-order valence-corrected chi connectivity index (χ0v) is 11.0. The molecule has 1 atom stereocenters. The summed E-state index contributed by atoms with van der Waals surface area (Å²) in [7, 11) is 0. The molecule has 0 aliphatic carbocycles. The average Bonchev–Trinajstić information content (AvgIpc) is 3.10. The number of benzene rings is 1. The van der Waals surface area contributed by atoms with Gasteiger partial charge in [-0.2, -0.15) is 0 Å². The molecule has 3 rings (SSSR count). The van der Waals surface area contributed by atoms with Crippen LogP contribution in [0.25, 0.3) is 11.3 Å². The van der Waals surface area contributed by atoms with Gasteiger partial charge in [-0.3, -0.25) is 0 Å². The maximum Gasteiger partial charge on any atom is 0.158 e. The molecule has 0 saturated heterocycles. The van der Waals surface area contributed by atoms with E-state index in [1.807, 2.05) is 36.4 Å². The van der Waals surface area contributed by atoms with Gasteiger partial charge in [-0.15, -0.1) is 5.10 Å². The van der Waals surface area contributed by atoms with Crippen molar-refractivity contribution in [1.82, 2.24) is 20.2 Å². The average molecular weight is 270 g/mol. The molecule has 1 aromatic carbocycles. The highest BCUT2D eigenvalue weighted by Gasteiger charge is 2.10. The lowest BCUT2D eigenvalue weighted by Crippen LogP contribution is -1.99. The smallest absolute Gasteiger partial charge is 0.158 e. The molecular weight excluding hydrogens is 256 g/mol. The molecule has 3 aromatic rings. The van der Waals surface area contributed by atoms with Gasteiger partial charge in [0.2, 0.25) is 0 Å². The van der Waals surface area contributed by atoms with Crippen LogP contribution in [0.1, 0.15) is 24.5 Å². The van der Waals surface area contributed by atoms with E-state index in [0.717, 1.165) is 11.3 Å². The lowest BCUT2D eigenvalue weighted by molar-refractivity contribution is 0.194. The van der Waals surface area contributed by atoms with Gasteiger partial charge >= 0.3 is 0 Å². The van der Waals surface area contributed by atoms with Crippen molar-refractivity contribution < 1.29 is 9.63 Å². The molecule has 0 spiro atoms. The summed E-state index contributed by atoms with van der Waals surface area (Å²) in [6, 6.07) is 11.7. The van der Waals surface area contributed by atoms with Crippen LogP contribution in [-0.4, -0.2) is 25.3 Å². The van der Waals surface area contributed by atoms with Crippen molar-refractivity contribution in [3.05, 3.63) is 54.0 Å². The summed E-state index contributed by atoms with van der Waals surface area (Å²) in [4.78, 5) is 0. The van der Waals surface area contributed by atoms with Crippen molar-refractivity contribution in [2.24, 2.45) is 0 Å². The Morgan fingerprint density at radius 2 is 2.10 bits per heavy atom. The van der Waals surface area contributed by atoms with Gasteiger partial charge in [0.1, 0.15) is 17.9 Å². The van der Waals surface area contributed by atoms with Crippen LogP contribution in [0.5, 0.6) is 0 Å². The van der Waals surface area contributed by atoms with Gasteiger partial charge in [0, 0.05) is 11.6 Å². The molecule has 0 amide bonds. The maximum absolute atomic E-state index is 9.40. The van der Waals surface area contributed by atoms with E-state index in [2.05, 4.69) is 15.5 Å². The van der Waals surface area contributed by atoms with Gasteiger partial charge in [-0.05, 0) is 6.92 Å². The van der Waals surface area contributed by atoms with Crippen LogP contribution in [0, 0.1) is 0 Å². The van der Waals surface area contributed by atoms with Gasteiger partial charge in [0.15, 0.2) is 5.76 Å². The zero-order valence-electron chi connectivity index (χ0n) is 11.0. The van der Waals surface area contributed by atoms with Crippen molar-refractivity contribution in [3.63, 3.8) is 0 Å². The second-order valence-corrected chi connectivity index (χ2v) is 4.56. The van der Waals surface area contributed by atoms with E-state index < -0.39 is 6.10 Å². The van der Waals surface area contributed by atoms with Crippen molar-refractivity contribution in [2.75, 3.05) is 0 Å². The zero-order chi connectivity index (χ0) is 13.9. The number of nitrogens with zero attached hydrogens (tertiary/aromatic N) is 4. The van der Waals surface area contributed by atoms with Crippen LogP contribution in [-0.2, 0) is 6.54 Å². The van der Waals surface area contributed by atoms with E-state index in [9.17, 15) is 5.11 Å². The SMILES string of the molecule is CC(O)c1cn(Cc2cc(-c3ccccc3)no2)nn1. The Kier molecular flexibility index (Phi) is 3.30. The van der Waals surface area contributed by atoms with Crippen LogP contribution in [0.3, 0.4) is 0 Å². The molecule has 102 valence electrons. The number of aliphatic hydroxyl groups is 1. The highest BCUT2D eigenvalue weighted by atomic mass is 16.5. The molecular formula is C14H14N4O2. The predicted molar refractivity (Wildman–Crippen MR) is 71.7 cm³/mol. The first-order valence-electron chi connectivity index (χ1n) is 6.31. The third-order valence-electron chi connectivity index (χ3n) is 2.93. The molecule has 2 heterocycles. The van der Waals surface area contributed by atoms with E-state index >= 15 is 0 Å². The van der Waals surface area contributed by atoms with Crippen molar-refractivity contribution in [3.8, 4) is 11.3 Å². The molecule has 0 saturated carbocycles. The molecule has 6 nitrogen and oxygen atoms in total. The molecule has 2 aromatic heterocycles. The fourth-order valence-electron chi connectivity index (χ4n) is 1.87. The predicted octanol–water partition coefficient (Wildman–Crippen LogP) is 2.03. The molecule has 0 bridgehead atoms. The number of aliphatic hydroxyl groups excluding tert-OH is 1. The number of hydrogen-bond donors (Lipinski definition) is 1. The largest absolute Gasteiger partial charge is 0.387 e. The first kappa shape index (κ1) is 12.6. The van der Waals surface area contributed by atoms with Crippen LogP contribution in [0.15, 0.2) is 47.1 Å². The van der Waals surface area contributed by atoms with Gasteiger partial charge in [0.05, 0.1) is 12.3 Å². The lowest BCUT2D eigenvalue weighted by atomic mass is 10.1. The van der Waals surface area contributed by atoms with Gasteiger partial charge < -0.3 is 9.63 Å². The topological polar surface area (TPSA) is 77.0 Å². The molecule has 0 aliphatic heterocycles. The van der Waals surface area contributed by atoms with Crippen molar-refractivity contribution in [2.45, 2.75) is 19.6 Å². The minimum absolute atomic E-state index is 0.430. The summed E-state index contributed by atoms with van der Waals surface area (Å²) in [5, 5.41) is 21.3. The number of aromatic nitrogens is 4. The first-order chi connectivity index (χ1) is 9.72. The Bertz CT molecular complexity index is 688. The van der Waals surface area contributed by atoms with Crippen LogP contribution in [0.4, 0.5) is 0 Å². The van der Waals surface area contributed by atoms with E-state index in [1.165, 1.54) is 0 Å². The van der Waals surface area contributed by atoms with E-state index in [0.29, 0.717) is 18.0 Å². The minimum atomic E-state index is -0.627. The van der Waals surface area contributed by atoms with Crippen LogP contribution >= 0.6 is 0 Å². The summed E-state index contributed by atoms with van der Waals surface area (Å²) in [6.45, 7) is 2.08. The molecule has 0 radical (unpaired) electrons. The van der Waals surface area contributed by atoms with Crippen LogP contribution in [0.2, 0.25) is 0 Å². The van der Waals surface area contributed by atoms with Crippen molar-refractivity contribution in [1.29, 1.82) is 0 Å². The quantitative estimate of drug-likeness (QED) is 0.785. The molecule has 1 unspecified atom stereocenters. The molecule has 6 heteroatoms. The monoisotopic (exact) mass is 270 g/mol. The van der Waals surface area contributed by atoms with Crippen LogP contribution < -0.4 is 0 Å². The Hall–Kier alpha value is -2.47. The summed E-state index contributed by atoms with van der Waals surface area (Å²) >= 11 is 0. The fraction of sp³-hybridized carbons (Fsp3) is 0.214. The Morgan fingerprint density at radius 1 is 1.30 bits per heavy atom. The Labute approximate surface area is 115 Å². The summed E-state index contributed by atoms with van der Waals surface area (Å²) in [6.07, 6.45) is 1.06. The number of hydrogen-bond acceptors (Lipinski definition) is 5. The molecule has 20 heavy (non-hydrogen) atoms. The fourth-order valence-corrected chi connectivity index (χ4v) is 1.87. The second kappa shape index (κ2) is 5.26. The third kappa shape index (κ3) is 2.60. The highest BCUT2D eigenvalue weighted by molar-refractivity contribution is 5.58. The van der Waals surface area contributed by atoms with Crippen molar-refractivity contribution >= 4 is 0 Å². The second-order valence-electron chi connectivity index (χ2n) is 4.56. The summed E-state index contributed by atoms with van der Waals surface area (Å²) in [5.74, 6) is 0.686. The number of rotatable bonds is 4. The summed E-state index contributed by atoms with van der Waals surface area (Å²) in [5.41, 5.74) is 2.33. The molecule has 0 fully saturated rings. The normalized spacial score (nSPS) is 12.5. The van der Waals surface area contributed by atoms with Gasteiger partial charge in [-0.25, -0.2) is 4.68 Å². The summed E-state index contributed by atoms with van der Waals surface area (Å²) < 4.78 is 6.90. The van der Waals surface area contributed by atoms with E-state index in [4.69, 9.17) is 4.52 Å². The first-order valence-corrected chi connectivity index (χ1v) is 6.31. The van der Waals surface area contributed by atoms with E-state index in [1.54, 1.807) is 17.8 Å². The minimum Gasteiger partial charge on any atom is -0.387 e. The maximum atomic E-state index is 9.40. The Balaban J connectivity index is 1.77. The lowest BCUT2D eigenvalue weighted by Gasteiger charge is -1.95. The third-order valence-corrected chi connectivity index (χ3v) is 2.93. The molecule has 0 aliphatic rings. The van der Waals surface area contributed by atoms with Gasteiger partial charge in [-0.1, -0.05) is 40.7 Å².